The molecule has 284 valence electrons. The van der Waals surface area contributed by atoms with Gasteiger partial charge in [0.25, 0.3) is 0 Å². The Morgan fingerprint density at radius 3 is 2.35 bits per heavy atom. The second-order valence-corrected chi connectivity index (χ2v) is 16.3. The lowest BCUT2D eigenvalue weighted by Crippen LogP contribution is -2.54. The van der Waals surface area contributed by atoms with E-state index in [4.69, 9.17) is 5.73 Å². The van der Waals surface area contributed by atoms with Gasteiger partial charge in [-0.3, -0.25) is 19.4 Å². The Morgan fingerprint density at radius 1 is 1.00 bits per heavy atom. The summed E-state index contributed by atoms with van der Waals surface area (Å²) in [6, 6.07) is 5.09. The number of anilines is 1. The number of hydrogen-bond acceptors (Lipinski definition) is 9. The van der Waals surface area contributed by atoms with Crippen LogP contribution in [0.5, 0.6) is 0 Å². The number of hydrogen-bond donors (Lipinski definition) is 4. The average molecular weight is 727 g/mol. The molecular weight excluding hydrogens is 665 g/mol. The third-order valence-corrected chi connectivity index (χ3v) is 11.6. The molecule has 0 bridgehead atoms. The van der Waals surface area contributed by atoms with E-state index in [9.17, 15) is 24.6 Å². The molecule has 4 atom stereocenters. The highest BCUT2D eigenvalue weighted by atomic mass is 32.1. The van der Waals surface area contributed by atoms with Crippen LogP contribution in [0.2, 0.25) is 0 Å². The number of amides is 3. The van der Waals surface area contributed by atoms with Crippen molar-refractivity contribution in [3.63, 3.8) is 0 Å². The van der Waals surface area contributed by atoms with Gasteiger partial charge in [0, 0.05) is 56.7 Å². The number of rotatable bonds is 20. The van der Waals surface area contributed by atoms with Gasteiger partial charge in [-0.25, -0.2) is 4.98 Å². The van der Waals surface area contributed by atoms with Gasteiger partial charge in [-0.05, 0) is 49.1 Å². The van der Waals surface area contributed by atoms with Gasteiger partial charge in [-0.15, -0.1) is 11.3 Å². The molecule has 2 saturated carbocycles. The van der Waals surface area contributed by atoms with Crippen LogP contribution in [0.25, 0.3) is 0 Å². The number of nitrogens with one attached hydrogen (secondary N) is 1. The number of carbonyl (C=O) groups excluding carboxylic acids is 3. The van der Waals surface area contributed by atoms with Crippen LogP contribution in [0.3, 0.4) is 0 Å². The normalized spacial score (nSPS) is 17.9. The van der Waals surface area contributed by atoms with Crippen molar-refractivity contribution in [2.45, 2.75) is 128 Å². The number of carbonyl (C=O) groups is 3. The molecule has 0 saturated heterocycles. The maximum absolute atomic E-state index is 14.9. The van der Waals surface area contributed by atoms with Crippen molar-refractivity contribution in [1.29, 1.82) is 0 Å². The monoisotopic (exact) mass is 726 g/mol. The van der Waals surface area contributed by atoms with Crippen molar-refractivity contribution in [2.24, 2.45) is 23.7 Å². The summed E-state index contributed by atoms with van der Waals surface area (Å²) in [5, 5.41) is 28.1. The number of likely N-dealkylation sites (N-methyl/N-ethyl adjacent to an activating group) is 1. The number of aliphatic hydroxyl groups excluding tert-OH is 2. The van der Waals surface area contributed by atoms with Crippen LogP contribution >= 0.6 is 11.3 Å². The molecule has 2 heterocycles. The number of pyridine rings is 1. The quantitative estimate of drug-likeness (QED) is 0.148. The number of thiazole rings is 1. The van der Waals surface area contributed by atoms with E-state index in [1.807, 2.05) is 42.3 Å². The summed E-state index contributed by atoms with van der Waals surface area (Å²) in [5.41, 5.74) is 7.49. The fourth-order valence-electron chi connectivity index (χ4n) is 7.86. The summed E-state index contributed by atoms with van der Waals surface area (Å²) >= 11 is 1.29. The van der Waals surface area contributed by atoms with Gasteiger partial charge >= 0.3 is 0 Å². The molecule has 4 rings (SSSR count). The van der Waals surface area contributed by atoms with Gasteiger partial charge in [0.05, 0.1) is 30.3 Å². The molecular formula is C39H62N6O5S. The molecule has 5 N–H and O–H groups in total. The molecule has 3 amide bonds. The van der Waals surface area contributed by atoms with E-state index in [-0.39, 0.29) is 37.1 Å². The second-order valence-electron chi connectivity index (χ2n) is 15.4. The van der Waals surface area contributed by atoms with Crippen LogP contribution in [0.15, 0.2) is 29.8 Å². The zero-order valence-electron chi connectivity index (χ0n) is 31.0. The van der Waals surface area contributed by atoms with Crippen molar-refractivity contribution in [3.8, 4) is 0 Å². The smallest absolute Gasteiger partial charge is 0.241 e. The predicted molar refractivity (Wildman–Crippen MR) is 202 cm³/mol. The van der Waals surface area contributed by atoms with Crippen LogP contribution in [-0.4, -0.2) is 92.6 Å². The summed E-state index contributed by atoms with van der Waals surface area (Å²) in [5.74, 6) is -0.594. The van der Waals surface area contributed by atoms with Gasteiger partial charge < -0.3 is 31.1 Å². The van der Waals surface area contributed by atoms with Gasteiger partial charge in [0.2, 0.25) is 17.7 Å². The Bertz CT molecular complexity index is 1350. The van der Waals surface area contributed by atoms with Crippen LogP contribution in [-0.2, 0) is 27.2 Å². The van der Waals surface area contributed by atoms with Crippen LogP contribution < -0.4 is 11.1 Å². The van der Waals surface area contributed by atoms with E-state index in [2.05, 4.69) is 15.3 Å². The highest BCUT2D eigenvalue weighted by Gasteiger charge is 2.39. The minimum atomic E-state index is -1.11. The van der Waals surface area contributed by atoms with E-state index >= 15 is 0 Å². The lowest BCUT2D eigenvalue weighted by atomic mass is 9.81. The third kappa shape index (κ3) is 13.4. The number of nitrogens with zero attached hydrogens (tertiary/aromatic N) is 4. The number of aliphatic hydroxyl groups is 2. The fraction of sp³-hybridized carbons (Fsp3) is 0.718. The maximum Gasteiger partial charge on any atom is 0.241 e. The summed E-state index contributed by atoms with van der Waals surface area (Å²) in [6.45, 7) is 4.78. The van der Waals surface area contributed by atoms with E-state index in [1.54, 1.807) is 18.1 Å². The maximum atomic E-state index is 14.9. The number of aromatic nitrogens is 2. The zero-order valence-corrected chi connectivity index (χ0v) is 31.9. The van der Waals surface area contributed by atoms with E-state index < -0.39 is 30.1 Å². The number of nitrogen functional groups attached to an aromatic ring is 1. The molecule has 11 nitrogen and oxygen atoms in total. The van der Waals surface area contributed by atoms with Gasteiger partial charge in [-0.1, -0.05) is 77.7 Å². The molecule has 2 aliphatic rings. The largest absolute Gasteiger partial charge is 0.390 e. The predicted octanol–water partition coefficient (Wildman–Crippen LogP) is 5.00. The first-order chi connectivity index (χ1) is 24.5. The summed E-state index contributed by atoms with van der Waals surface area (Å²) in [6.07, 6.45) is 12.3. The van der Waals surface area contributed by atoms with Gasteiger partial charge in [-0.2, -0.15) is 0 Å². The molecule has 2 aliphatic carbocycles. The Morgan fingerprint density at radius 2 is 1.71 bits per heavy atom. The third-order valence-electron chi connectivity index (χ3n) is 10.8. The minimum absolute atomic E-state index is 0.137. The molecule has 0 unspecified atom stereocenters. The first kappa shape index (κ1) is 40.7. The molecule has 12 heteroatoms. The van der Waals surface area contributed by atoms with Crippen molar-refractivity contribution >= 4 is 34.2 Å². The van der Waals surface area contributed by atoms with Crippen LogP contribution in [0.1, 0.15) is 109 Å². The molecule has 51 heavy (non-hydrogen) atoms. The summed E-state index contributed by atoms with van der Waals surface area (Å²) < 4.78 is 0. The standard InChI is InChI=1S/C39H62N6O5S/c1-27(2)21-34(46)37(49)33(22-29-13-5-4-6-14-29)45(20-16-28-11-7-8-12-28)38(50)30(23-32-26-51-39(40)43-32)24-35(47)42-25-36(48)44(3)19-17-31-15-9-10-18-41-31/h9-10,15,18,26-30,33-34,37,46,49H,4-8,11-14,16-17,19-25H2,1-3H3,(H2,40,43)(H,42,47)/t30-,33+,34+,37-/m1/s1. The van der Waals surface area contributed by atoms with Crippen LogP contribution in [0.4, 0.5) is 5.13 Å². The molecule has 2 aromatic rings. The second kappa shape index (κ2) is 20.8. The fourth-order valence-corrected chi connectivity index (χ4v) is 8.44. The lowest BCUT2D eigenvalue weighted by Gasteiger charge is -2.41. The molecule has 2 aromatic heterocycles. The van der Waals surface area contributed by atoms with E-state index in [0.717, 1.165) is 50.6 Å². The first-order valence-electron chi connectivity index (χ1n) is 19.3. The highest BCUT2D eigenvalue weighted by Crippen LogP contribution is 2.34. The van der Waals surface area contributed by atoms with Gasteiger partial charge in [0.15, 0.2) is 5.13 Å². The Hall–Kier alpha value is -3.09. The SMILES string of the molecule is CC(C)C[C@H](O)[C@H](O)[C@H](CC1CCCCC1)N(CCC1CCCC1)C(=O)[C@@H](CC(=O)NCC(=O)N(C)CCc1ccccn1)Cc1csc(N)n1. The molecule has 2 fully saturated rings. The molecule has 0 aliphatic heterocycles. The lowest BCUT2D eigenvalue weighted by molar-refractivity contribution is -0.146. The molecule has 0 spiro atoms. The molecule has 0 aromatic carbocycles. The van der Waals surface area contributed by atoms with Crippen molar-refractivity contribution in [1.82, 2.24) is 25.1 Å². The Kier molecular flexibility index (Phi) is 16.6. The van der Waals surface area contributed by atoms with Crippen molar-refractivity contribution in [3.05, 3.63) is 41.2 Å². The summed E-state index contributed by atoms with van der Waals surface area (Å²) in [4.78, 5) is 53.5. The van der Waals surface area contributed by atoms with Crippen molar-refractivity contribution in [2.75, 3.05) is 32.4 Å². The van der Waals surface area contributed by atoms with E-state index in [0.29, 0.717) is 55.0 Å². The van der Waals surface area contributed by atoms with Gasteiger partial charge in [0.1, 0.15) is 6.10 Å². The molecule has 0 radical (unpaired) electrons. The van der Waals surface area contributed by atoms with Crippen LogP contribution in [0, 0.1) is 23.7 Å². The summed E-state index contributed by atoms with van der Waals surface area (Å²) in [7, 11) is 1.70. The van der Waals surface area contributed by atoms with E-state index in [1.165, 1.54) is 30.6 Å². The first-order valence-corrected chi connectivity index (χ1v) is 20.1. The number of nitrogens with two attached hydrogens (primary N) is 1. The minimum Gasteiger partial charge on any atom is -0.390 e. The highest BCUT2D eigenvalue weighted by molar-refractivity contribution is 7.13. The van der Waals surface area contributed by atoms with Crippen molar-refractivity contribution < 1.29 is 24.6 Å². The zero-order chi connectivity index (χ0) is 36.8. The topological polar surface area (TPSA) is 162 Å². The Balaban J connectivity index is 1.53. The Labute approximate surface area is 308 Å². The average Bonchev–Trinajstić information content (AvgIpc) is 3.80.